The maximum atomic E-state index is 12.0. The van der Waals surface area contributed by atoms with Crippen molar-refractivity contribution in [3.8, 4) is 0 Å². The molecule has 0 radical (unpaired) electrons. The van der Waals surface area contributed by atoms with Crippen LogP contribution in [0.5, 0.6) is 0 Å². The number of anilines is 1. The molecular weight excluding hydrogens is 286 g/mol. The number of benzene rings is 1. The molecule has 2 heterocycles. The number of fused-ring (bicyclic) bond motifs is 1. The zero-order valence-electron chi connectivity index (χ0n) is 9.79. The second-order valence-electron chi connectivity index (χ2n) is 3.81. The summed E-state index contributed by atoms with van der Waals surface area (Å²) in [7, 11) is 0. The second-order valence-corrected chi connectivity index (χ2v) is 5.20. The van der Waals surface area contributed by atoms with Crippen molar-refractivity contribution in [1.29, 1.82) is 0 Å². The maximum Gasteiger partial charge on any atom is 0.286 e. The second kappa shape index (κ2) is 4.60. The van der Waals surface area contributed by atoms with Crippen molar-refractivity contribution in [2.75, 3.05) is 5.32 Å². The number of hydrogen-bond donors (Lipinski definition) is 1. The third-order valence-corrected chi connectivity index (χ3v) is 3.59. The Morgan fingerprint density at radius 1 is 1.32 bits per heavy atom. The smallest absolute Gasteiger partial charge is 0.286 e. The van der Waals surface area contributed by atoms with Crippen LogP contribution in [0.2, 0.25) is 5.02 Å². The van der Waals surface area contributed by atoms with Crippen molar-refractivity contribution in [3.63, 3.8) is 0 Å². The van der Waals surface area contributed by atoms with E-state index in [1.165, 1.54) is 11.3 Å². The van der Waals surface area contributed by atoms with E-state index < -0.39 is 0 Å². The average molecular weight is 294 g/mol. The van der Waals surface area contributed by atoms with Crippen molar-refractivity contribution < 1.29 is 4.79 Å². The van der Waals surface area contributed by atoms with Crippen molar-refractivity contribution in [2.45, 2.75) is 6.92 Å². The molecule has 0 saturated carbocycles. The van der Waals surface area contributed by atoms with Gasteiger partial charge in [-0.25, -0.2) is 0 Å². The number of carbonyl (C=O) groups excluding carboxylic acids is 1. The summed E-state index contributed by atoms with van der Waals surface area (Å²) in [4.78, 5) is 12.6. The van der Waals surface area contributed by atoms with Crippen LogP contribution in [0.1, 0.15) is 15.6 Å². The van der Waals surface area contributed by atoms with E-state index in [2.05, 4.69) is 20.6 Å². The van der Waals surface area contributed by atoms with E-state index in [0.29, 0.717) is 26.5 Å². The summed E-state index contributed by atoms with van der Waals surface area (Å²) in [5.41, 5.74) is 0.664. The average Bonchev–Trinajstić information content (AvgIpc) is 2.95. The van der Waals surface area contributed by atoms with E-state index in [4.69, 9.17) is 11.6 Å². The van der Waals surface area contributed by atoms with Crippen LogP contribution in [0.15, 0.2) is 24.3 Å². The summed E-state index contributed by atoms with van der Waals surface area (Å²) in [6.07, 6.45) is 0. The summed E-state index contributed by atoms with van der Waals surface area (Å²) in [6, 6.07) is 6.87. The van der Waals surface area contributed by atoms with Gasteiger partial charge in [0.1, 0.15) is 0 Å². The van der Waals surface area contributed by atoms with Gasteiger partial charge in [0.15, 0.2) is 5.82 Å². The van der Waals surface area contributed by atoms with Gasteiger partial charge in [-0.3, -0.25) is 4.79 Å². The molecule has 19 heavy (non-hydrogen) atoms. The molecule has 0 bridgehead atoms. The Bertz CT molecular complexity index is 748. The van der Waals surface area contributed by atoms with E-state index in [1.807, 2.05) is 0 Å². The van der Waals surface area contributed by atoms with Gasteiger partial charge in [-0.2, -0.15) is 4.52 Å². The van der Waals surface area contributed by atoms with Gasteiger partial charge in [0.2, 0.25) is 9.97 Å². The number of carbonyl (C=O) groups is 1. The number of rotatable bonds is 2. The van der Waals surface area contributed by atoms with Crippen LogP contribution in [0.3, 0.4) is 0 Å². The number of amides is 1. The molecule has 1 aromatic carbocycles. The van der Waals surface area contributed by atoms with Gasteiger partial charge in [0, 0.05) is 10.7 Å². The van der Waals surface area contributed by atoms with Gasteiger partial charge in [-0.05, 0) is 31.2 Å². The number of nitrogens with zero attached hydrogens (tertiary/aromatic N) is 4. The lowest BCUT2D eigenvalue weighted by atomic mass is 10.3. The minimum atomic E-state index is -0.280. The van der Waals surface area contributed by atoms with E-state index in [9.17, 15) is 4.79 Å². The molecule has 8 heteroatoms. The molecule has 3 rings (SSSR count). The third kappa shape index (κ3) is 2.29. The van der Waals surface area contributed by atoms with Crippen molar-refractivity contribution in [1.82, 2.24) is 19.8 Å². The molecule has 1 amide bonds. The van der Waals surface area contributed by atoms with Crippen molar-refractivity contribution in [2.24, 2.45) is 0 Å². The number of aromatic nitrogens is 4. The molecule has 2 aromatic heterocycles. The van der Waals surface area contributed by atoms with Crippen LogP contribution in [-0.2, 0) is 0 Å². The first-order chi connectivity index (χ1) is 9.13. The monoisotopic (exact) mass is 293 g/mol. The Balaban J connectivity index is 1.85. The predicted molar refractivity (Wildman–Crippen MR) is 72.8 cm³/mol. The van der Waals surface area contributed by atoms with Crippen molar-refractivity contribution >= 4 is 39.5 Å². The zero-order chi connectivity index (χ0) is 13.4. The molecule has 0 saturated heterocycles. The van der Waals surface area contributed by atoms with E-state index in [1.54, 1.807) is 35.7 Å². The minimum absolute atomic E-state index is 0.280. The van der Waals surface area contributed by atoms with E-state index in [-0.39, 0.29) is 5.91 Å². The first-order valence-electron chi connectivity index (χ1n) is 5.39. The minimum Gasteiger partial charge on any atom is -0.320 e. The fourth-order valence-electron chi connectivity index (χ4n) is 1.52. The highest BCUT2D eigenvalue weighted by molar-refractivity contribution is 7.18. The largest absolute Gasteiger partial charge is 0.320 e. The summed E-state index contributed by atoms with van der Waals surface area (Å²) >= 11 is 6.97. The molecule has 0 aliphatic rings. The maximum absolute atomic E-state index is 12.0. The number of nitrogens with one attached hydrogen (secondary N) is 1. The van der Waals surface area contributed by atoms with Crippen LogP contribution in [0.4, 0.5) is 5.69 Å². The van der Waals surface area contributed by atoms with Crippen molar-refractivity contribution in [3.05, 3.63) is 40.1 Å². The Labute approximate surface area is 117 Å². The Morgan fingerprint density at radius 3 is 2.74 bits per heavy atom. The molecular formula is C11H8ClN5OS. The third-order valence-electron chi connectivity index (χ3n) is 2.44. The highest BCUT2D eigenvalue weighted by Gasteiger charge is 2.15. The lowest BCUT2D eigenvalue weighted by molar-refractivity contribution is 0.102. The quantitative estimate of drug-likeness (QED) is 0.787. The first-order valence-corrected chi connectivity index (χ1v) is 6.59. The highest BCUT2D eigenvalue weighted by Crippen LogP contribution is 2.17. The first kappa shape index (κ1) is 12.1. The number of aryl methyl sites for hydroxylation is 1. The normalized spacial score (nSPS) is 10.8. The summed E-state index contributed by atoms with van der Waals surface area (Å²) in [6.45, 7) is 1.78. The fourth-order valence-corrected chi connectivity index (χ4v) is 2.43. The van der Waals surface area contributed by atoms with Gasteiger partial charge < -0.3 is 5.32 Å². The molecule has 0 atom stereocenters. The Hall–Kier alpha value is -1.99. The van der Waals surface area contributed by atoms with Crippen LogP contribution in [-0.4, -0.2) is 25.7 Å². The van der Waals surface area contributed by atoms with E-state index in [0.717, 1.165) is 0 Å². The molecule has 6 nitrogen and oxygen atoms in total. The number of halogens is 1. The SMILES string of the molecule is Cc1nnc2sc(C(=O)Nc3ccc(Cl)cc3)nn12. The molecule has 0 spiro atoms. The van der Waals surface area contributed by atoms with Crippen LogP contribution in [0.25, 0.3) is 4.96 Å². The predicted octanol–water partition coefficient (Wildman–Crippen LogP) is 2.40. The molecule has 0 unspecified atom stereocenters. The van der Waals surface area contributed by atoms with Gasteiger partial charge >= 0.3 is 0 Å². The standard InChI is InChI=1S/C11H8ClN5OS/c1-6-14-15-11-17(6)16-10(19-11)9(18)13-8-4-2-7(12)3-5-8/h2-5H,1H3,(H,13,18). The lowest BCUT2D eigenvalue weighted by Crippen LogP contribution is -2.12. The molecule has 3 aromatic rings. The number of hydrogen-bond acceptors (Lipinski definition) is 5. The van der Waals surface area contributed by atoms with Gasteiger partial charge in [0.05, 0.1) is 0 Å². The Morgan fingerprint density at radius 2 is 2.05 bits per heavy atom. The fraction of sp³-hybridized carbons (Fsp3) is 0.0909. The van der Waals surface area contributed by atoms with Gasteiger partial charge in [-0.15, -0.1) is 15.3 Å². The molecule has 0 aliphatic carbocycles. The highest BCUT2D eigenvalue weighted by atomic mass is 35.5. The molecule has 0 fully saturated rings. The molecule has 0 aliphatic heterocycles. The summed E-state index contributed by atoms with van der Waals surface area (Å²) < 4.78 is 1.54. The topological polar surface area (TPSA) is 72.2 Å². The van der Waals surface area contributed by atoms with Crippen LogP contribution >= 0.6 is 22.9 Å². The molecule has 1 N–H and O–H groups in total. The van der Waals surface area contributed by atoms with Gasteiger partial charge in [-0.1, -0.05) is 22.9 Å². The van der Waals surface area contributed by atoms with Crippen LogP contribution in [0, 0.1) is 6.92 Å². The van der Waals surface area contributed by atoms with Gasteiger partial charge in [0.25, 0.3) is 5.91 Å². The lowest BCUT2D eigenvalue weighted by Gasteiger charge is -2.01. The summed E-state index contributed by atoms with van der Waals surface area (Å²) in [5.74, 6) is 0.369. The Kier molecular flexibility index (Phi) is 2.92. The summed E-state index contributed by atoms with van der Waals surface area (Å²) in [5, 5.41) is 15.6. The zero-order valence-corrected chi connectivity index (χ0v) is 11.4. The van der Waals surface area contributed by atoms with E-state index >= 15 is 0 Å². The molecule has 96 valence electrons. The van der Waals surface area contributed by atoms with Crippen LogP contribution < -0.4 is 5.32 Å².